The van der Waals surface area contributed by atoms with Gasteiger partial charge < -0.3 is 5.48 Å². The van der Waals surface area contributed by atoms with Crippen molar-refractivity contribution >= 4 is 10.1 Å². The van der Waals surface area contributed by atoms with Crippen LogP contribution in [0.2, 0.25) is 0 Å². The Morgan fingerprint density at radius 1 is 0.483 bits per heavy atom. The first kappa shape index (κ1) is 22.0. The molecule has 5 heteroatoms. The molecule has 0 bridgehead atoms. The number of hydrogen-bond acceptors (Lipinski definition) is 2. The van der Waals surface area contributed by atoms with E-state index in [4.69, 9.17) is 4.55 Å². The van der Waals surface area contributed by atoms with Gasteiger partial charge in [-0.1, -0.05) is 109 Å². The Hall–Kier alpha value is -3.25. The maximum atomic E-state index is 11.2. The summed E-state index contributed by atoms with van der Waals surface area (Å²) in [5, 5.41) is 0. The molecule has 4 aromatic rings. The van der Waals surface area contributed by atoms with E-state index in [0.717, 1.165) is 5.56 Å². The summed E-state index contributed by atoms with van der Waals surface area (Å²) in [5.74, 6) is 0. The molecule has 0 aliphatic carbocycles. The van der Waals surface area contributed by atoms with E-state index < -0.39 is 10.1 Å². The molecule has 0 saturated carbocycles. The molecule has 3 N–H and O–H groups in total. The van der Waals surface area contributed by atoms with Gasteiger partial charge >= 0.3 is 0 Å². The lowest BCUT2D eigenvalue weighted by atomic mass is 10.1. The third-order valence-electron chi connectivity index (χ3n) is 4.13. The Labute approximate surface area is 171 Å². The van der Waals surface area contributed by atoms with Gasteiger partial charge in [0.05, 0.1) is 0 Å². The molecule has 0 fully saturated rings. The van der Waals surface area contributed by atoms with Crippen LogP contribution in [0.25, 0.3) is 22.3 Å². The maximum Gasteiger partial charge on any atom is 0.295 e. The van der Waals surface area contributed by atoms with Crippen LogP contribution < -0.4 is 0 Å². The summed E-state index contributed by atoms with van der Waals surface area (Å²) < 4.78 is 31.5. The summed E-state index contributed by atoms with van der Waals surface area (Å²) in [6.07, 6.45) is 0. The molecule has 4 aromatic carbocycles. The molecule has 4 rings (SSSR count). The quantitative estimate of drug-likeness (QED) is 0.479. The molecular weight excluding hydrogens is 384 g/mol. The third kappa shape index (κ3) is 6.12. The highest BCUT2D eigenvalue weighted by Crippen LogP contribution is 2.26. The van der Waals surface area contributed by atoms with Crippen LogP contribution in [-0.2, 0) is 10.1 Å². The summed E-state index contributed by atoms with van der Waals surface area (Å²) >= 11 is 0. The molecule has 0 amide bonds. The van der Waals surface area contributed by atoms with Gasteiger partial charge in [-0.2, -0.15) is 8.42 Å². The van der Waals surface area contributed by atoms with Crippen LogP contribution in [0, 0.1) is 0 Å². The van der Waals surface area contributed by atoms with Crippen LogP contribution in [0.5, 0.6) is 0 Å². The number of hydrogen-bond donors (Lipinski definition) is 1. The highest BCUT2D eigenvalue weighted by Gasteiger charge is 2.15. The van der Waals surface area contributed by atoms with Crippen LogP contribution >= 0.6 is 0 Å². The van der Waals surface area contributed by atoms with Crippen molar-refractivity contribution < 1.29 is 18.4 Å². The van der Waals surface area contributed by atoms with Gasteiger partial charge in [0.1, 0.15) is 4.90 Å². The van der Waals surface area contributed by atoms with Crippen molar-refractivity contribution in [2.75, 3.05) is 0 Å². The molecule has 0 aliphatic heterocycles. The van der Waals surface area contributed by atoms with E-state index in [2.05, 4.69) is 48.5 Å². The predicted molar refractivity (Wildman–Crippen MR) is 117 cm³/mol. The van der Waals surface area contributed by atoms with Crippen molar-refractivity contribution in [3.63, 3.8) is 0 Å². The largest absolute Gasteiger partial charge is 0.412 e. The van der Waals surface area contributed by atoms with Gasteiger partial charge in [-0.05, 0) is 22.8 Å². The first-order chi connectivity index (χ1) is 13.6. The van der Waals surface area contributed by atoms with Crippen molar-refractivity contribution in [1.29, 1.82) is 0 Å². The lowest BCUT2D eigenvalue weighted by Gasteiger charge is -2.06. The zero-order valence-corrected chi connectivity index (χ0v) is 16.5. The van der Waals surface area contributed by atoms with Gasteiger partial charge in [0.2, 0.25) is 0 Å². The first-order valence-corrected chi connectivity index (χ1v) is 10.2. The highest BCUT2D eigenvalue weighted by atomic mass is 32.2. The van der Waals surface area contributed by atoms with E-state index in [-0.39, 0.29) is 10.4 Å². The van der Waals surface area contributed by atoms with E-state index in [9.17, 15) is 8.42 Å². The average Bonchev–Trinajstić information content (AvgIpc) is 2.75. The number of benzene rings is 4. The van der Waals surface area contributed by atoms with Crippen LogP contribution in [0.1, 0.15) is 0 Å². The minimum atomic E-state index is -4.18. The second-order valence-electron chi connectivity index (χ2n) is 6.07. The molecule has 0 aromatic heterocycles. The average molecular weight is 407 g/mol. The molecule has 0 radical (unpaired) electrons. The Morgan fingerprint density at radius 2 is 0.828 bits per heavy atom. The molecule has 0 spiro atoms. The van der Waals surface area contributed by atoms with Crippen LogP contribution in [-0.4, -0.2) is 18.4 Å². The van der Waals surface area contributed by atoms with Crippen molar-refractivity contribution in [3.05, 3.63) is 115 Å². The topological polar surface area (TPSA) is 85.9 Å². The normalized spacial score (nSPS) is 10.2. The Balaban J connectivity index is 0.000000207. The third-order valence-corrected chi connectivity index (χ3v) is 5.04. The van der Waals surface area contributed by atoms with Gasteiger partial charge in [0.25, 0.3) is 10.1 Å². The van der Waals surface area contributed by atoms with Gasteiger partial charge in [-0.25, -0.2) is 0 Å². The van der Waals surface area contributed by atoms with Gasteiger partial charge in [-0.3, -0.25) is 4.55 Å². The van der Waals surface area contributed by atoms with E-state index in [1.165, 1.54) is 17.2 Å². The second kappa shape index (κ2) is 10.3. The van der Waals surface area contributed by atoms with E-state index >= 15 is 0 Å². The Bertz CT molecular complexity index is 1070. The lowest BCUT2D eigenvalue weighted by Crippen LogP contribution is -2.00. The van der Waals surface area contributed by atoms with Crippen molar-refractivity contribution in [2.45, 2.75) is 4.90 Å². The molecule has 0 atom stereocenters. The molecule has 4 nitrogen and oxygen atoms in total. The molecule has 148 valence electrons. The molecule has 29 heavy (non-hydrogen) atoms. The maximum absolute atomic E-state index is 11.2. The fourth-order valence-electron chi connectivity index (χ4n) is 2.81. The summed E-state index contributed by atoms with van der Waals surface area (Å²) in [7, 11) is -4.18. The van der Waals surface area contributed by atoms with Gasteiger partial charge in [0.15, 0.2) is 0 Å². The van der Waals surface area contributed by atoms with E-state index in [0.29, 0.717) is 5.56 Å². The molecule has 0 unspecified atom stereocenters. The smallest absolute Gasteiger partial charge is 0.295 e. The summed E-state index contributed by atoms with van der Waals surface area (Å²) in [4.78, 5) is -0.0683. The van der Waals surface area contributed by atoms with Gasteiger partial charge in [0, 0.05) is 5.56 Å². The Morgan fingerprint density at radius 3 is 1.24 bits per heavy atom. The van der Waals surface area contributed by atoms with Gasteiger partial charge in [-0.15, -0.1) is 0 Å². The minimum absolute atomic E-state index is 0. The van der Waals surface area contributed by atoms with E-state index in [1.807, 2.05) is 30.3 Å². The monoisotopic (exact) mass is 406 g/mol. The summed E-state index contributed by atoms with van der Waals surface area (Å²) in [6.45, 7) is 0. The number of rotatable bonds is 3. The highest BCUT2D eigenvalue weighted by molar-refractivity contribution is 7.86. The standard InChI is InChI=1S/C12H10O3S.C12H10.H2O/c13-16(14,15)12-9-5-4-8-11(12)10-6-2-1-3-7-10;1-3-7-11(8-4-1)12-9-5-2-6-10-12;/h1-9H,(H,13,14,15);1-10H;1H2. The van der Waals surface area contributed by atoms with E-state index in [1.54, 1.807) is 30.3 Å². The van der Waals surface area contributed by atoms with Crippen LogP contribution in [0.3, 0.4) is 0 Å². The summed E-state index contributed by atoms with van der Waals surface area (Å²) in [6, 6.07) is 36.2. The fraction of sp³-hybridized carbons (Fsp3) is 0. The first-order valence-electron chi connectivity index (χ1n) is 8.78. The lowest BCUT2D eigenvalue weighted by molar-refractivity contribution is 0.483. The van der Waals surface area contributed by atoms with Crippen LogP contribution in [0.4, 0.5) is 0 Å². The molecule has 0 aliphatic rings. The van der Waals surface area contributed by atoms with Crippen LogP contribution in [0.15, 0.2) is 120 Å². The summed E-state index contributed by atoms with van der Waals surface area (Å²) in [5.41, 5.74) is 3.82. The SMILES string of the molecule is O.O=S(=O)(O)c1ccccc1-c1ccccc1.c1ccc(-c2ccccc2)cc1. The second-order valence-corrected chi connectivity index (χ2v) is 7.46. The molecule has 0 heterocycles. The fourth-order valence-corrected chi connectivity index (χ4v) is 3.52. The van der Waals surface area contributed by atoms with Crippen molar-refractivity contribution in [3.8, 4) is 22.3 Å². The molecule has 0 saturated heterocycles. The zero-order valence-electron chi connectivity index (χ0n) is 15.6. The van der Waals surface area contributed by atoms with Crippen molar-refractivity contribution in [1.82, 2.24) is 0 Å². The molecular formula is C24H22O4S. The van der Waals surface area contributed by atoms with Crippen molar-refractivity contribution in [2.24, 2.45) is 0 Å². The Kier molecular flexibility index (Phi) is 7.86. The zero-order chi connectivity index (χ0) is 19.8. The minimum Gasteiger partial charge on any atom is -0.412 e. The predicted octanol–water partition coefficient (Wildman–Crippen LogP) is 5.13.